The number of hydrogen-bond acceptors (Lipinski definition) is 1. The van der Waals surface area contributed by atoms with Crippen LogP contribution in [0, 0.1) is 11.8 Å². The van der Waals surface area contributed by atoms with E-state index in [1.54, 1.807) is 0 Å². The molecule has 2 unspecified atom stereocenters. The number of imidazole rings is 1. The van der Waals surface area contributed by atoms with Crippen LogP contribution in [0.1, 0.15) is 19.2 Å². The molecule has 3 rings (SSSR count). The van der Waals surface area contributed by atoms with Gasteiger partial charge in [0.2, 0.25) is 0 Å². The molecule has 0 amide bonds. The summed E-state index contributed by atoms with van der Waals surface area (Å²) in [5.74, 6) is 3.29. The third kappa shape index (κ3) is 2.12. The molecule has 0 spiro atoms. The minimum Gasteiger partial charge on any atom is -0.328 e. The van der Waals surface area contributed by atoms with E-state index in [9.17, 15) is 0 Å². The van der Waals surface area contributed by atoms with Gasteiger partial charge in [-0.25, -0.2) is 4.98 Å². The molecule has 1 aliphatic rings. The molecule has 1 fully saturated rings. The maximum absolute atomic E-state index is 6.21. The second kappa shape index (κ2) is 4.75. The van der Waals surface area contributed by atoms with Crippen LogP contribution < -0.4 is 0 Å². The molecular formula is C14H16Cl2N2. The number of nitrogens with zero attached hydrogens (tertiary/aromatic N) is 2. The van der Waals surface area contributed by atoms with Crippen molar-refractivity contribution >= 4 is 34.2 Å². The molecule has 1 saturated carbocycles. The largest absolute Gasteiger partial charge is 0.328 e. The Morgan fingerprint density at radius 1 is 1.44 bits per heavy atom. The first-order chi connectivity index (χ1) is 8.70. The summed E-state index contributed by atoms with van der Waals surface area (Å²) in [5.41, 5.74) is 2.05. The van der Waals surface area contributed by atoms with Crippen LogP contribution in [0.4, 0.5) is 0 Å². The highest BCUT2D eigenvalue weighted by molar-refractivity contribution is 6.34. The Balaban J connectivity index is 2.06. The fourth-order valence-electron chi connectivity index (χ4n) is 2.53. The maximum atomic E-state index is 6.21. The Hall–Kier alpha value is -0.730. The summed E-state index contributed by atoms with van der Waals surface area (Å²) < 4.78 is 2.30. The van der Waals surface area contributed by atoms with Crippen molar-refractivity contribution in [3.05, 3.63) is 29.0 Å². The number of rotatable bonds is 4. The molecule has 96 valence electrons. The van der Waals surface area contributed by atoms with Gasteiger partial charge in [0.1, 0.15) is 11.3 Å². The summed E-state index contributed by atoms with van der Waals surface area (Å²) in [4.78, 5) is 4.65. The molecule has 2 nitrogen and oxygen atoms in total. The Kier molecular flexibility index (Phi) is 3.25. The monoisotopic (exact) mass is 282 g/mol. The number of hydrogen-bond donors (Lipinski definition) is 0. The van der Waals surface area contributed by atoms with Crippen LogP contribution in [-0.4, -0.2) is 15.4 Å². The van der Waals surface area contributed by atoms with Gasteiger partial charge in [-0.3, -0.25) is 0 Å². The zero-order valence-corrected chi connectivity index (χ0v) is 11.9. The molecule has 1 aromatic carbocycles. The number of aromatic nitrogens is 2. The average molecular weight is 283 g/mol. The van der Waals surface area contributed by atoms with E-state index in [-0.39, 0.29) is 0 Å². The summed E-state index contributed by atoms with van der Waals surface area (Å²) in [7, 11) is 0. The van der Waals surface area contributed by atoms with Crippen LogP contribution in [0.5, 0.6) is 0 Å². The number of fused-ring (bicyclic) bond motifs is 1. The van der Waals surface area contributed by atoms with E-state index in [0.717, 1.165) is 46.7 Å². The van der Waals surface area contributed by atoms with E-state index >= 15 is 0 Å². The van der Waals surface area contributed by atoms with Crippen molar-refractivity contribution in [2.24, 2.45) is 11.8 Å². The first-order valence-corrected chi connectivity index (χ1v) is 7.31. The van der Waals surface area contributed by atoms with Crippen LogP contribution >= 0.6 is 23.2 Å². The molecule has 2 aromatic rings. The zero-order valence-electron chi connectivity index (χ0n) is 10.4. The van der Waals surface area contributed by atoms with E-state index in [2.05, 4.69) is 22.5 Å². The number of para-hydroxylation sites is 1. The number of halogens is 2. The van der Waals surface area contributed by atoms with E-state index in [4.69, 9.17) is 23.2 Å². The normalized spacial score (nSPS) is 22.6. The lowest BCUT2D eigenvalue weighted by Gasteiger charge is -2.07. The van der Waals surface area contributed by atoms with Gasteiger partial charge >= 0.3 is 0 Å². The van der Waals surface area contributed by atoms with Crippen molar-refractivity contribution in [2.45, 2.75) is 26.3 Å². The number of benzene rings is 1. The first kappa shape index (κ1) is 12.3. The second-order valence-corrected chi connectivity index (χ2v) is 5.94. The van der Waals surface area contributed by atoms with Crippen molar-refractivity contribution in [3.63, 3.8) is 0 Å². The fourth-order valence-corrected chi connectivity index (χ4v) is 2.91. The quantitative estimate of drug-likeness (QED) is 0.771. The summed E-state index contributed by atoms with van der Waals surface area (Å²) >= 11 is 12.1. The van der Waals surface area contributed by atoms with Crippen LogP contribution in [0.2, 0.25) is 5.02 Å². The van der Waals surface area contributed by atoms with Gasteiger partial charge in [0.15, 0.2) is 0 Å². The summed E-state index contributed by atoms with van der Waals surface area (Å²) in [5, 5.41) is 0.728. The average Bonchev–Trinajstić information content (AvgIpc) is 2.92. The van der Waals surface area contributed by atoms with E-state index in [0.29, 0.717) is 5.88 Å². The molecule has 0 aliphatic heterocycles. The van der Waals surface area contributed by atoms with Crippen LogP contribution in [0.3, 0.4) is 0 Å². The van der Waals surface area contributed by atoms with Crippen LogP contribution in [-0.2, 0) is 13.0 Å². The minimum absolute atomic E-state index is 0.598. The SMILES string of the molecule is CC1CC1Cn1c(CCCl)nc2c(Cl)cccc21. The van der Waals surface area contributed by atoms with Gasteiger partial charge in [0, 0.05) is 18.8 Å². The fraction of sp³-hybridized carbons (Fsp3) is 0.500. The molecule has 0 saturated heterocycles. The van der Waals surface area contributed by atoms with Crippen molar-refractivity contribution in [3.8, 4) is 0 Å². The Labute approximate surface area is 117 Å². The minimum atomic E-state index is 0.598. The molecule has 0 N–H and O–H groups in total. The van der Waals surface area contributed by atoms with Crippen molar-refractivity contribution in [1.82, 2.24) is 9.55 Å². The lowest BCUT2D eigenvalue weighted by Crippen LogP contribution is -2.06. The third-order valence-corrected chi connectivity index (χ3v) is 4.31. The molecule has 4 heteroatoms. The van der Waals surface area contributed by atoms with E-state index < -0.39 is 0 Å². The van der Waals surface area contributed by atoms with Gasteiger partial charge in [-0.05, 0) is 30.4 Å². The highest BCUT2D eigenvalue weighted by Crippen LogP contribution is 2.40. The smallest absolute Gasteiger partial charge is 0.111 e. The summed E-state index contributed by atoms with van der Waals surface area (Å²) in [6, 6.07) is 5.98. The van der Waals surface area contributed by atoms with Gasteiger partial charge in [0.25, 0.3) is 0 Å². The Morgan fingerprint density at radius 2 is 2.22 bits per heavy atom. The summed E-state index contributed by atoms with van der Waals surface area (Å²) in [6.07, 6.45) is 2.12. The Bertz CT molecular complexity index is 576. The van der Waals surface area contributed by atoms with Gasteiger partial charge < -0.3 is 4.57 Å². The standard InChI is InChI=1S/C14H16Cl2N2/c1-9-7-10(9)8-18-12-4-2-3-11(16)14(12)17-13(18)5-6-15/h2-4,9-10H,5-8H2,1H3. The predicted molar refractivity (Wildman–Crippen MR) is 76.4 cm³/mol. The Morgan fingerprint density at radius 3 is 2.89 bits per heavy atom. The molecule has 1 aliphatic carbocycles. The number of aryl methyl sites for hydroxylation is 1. The second-order valence-electron chi connectivity index (χ2n) is 5.16. The van der Waals surface area contributed by atoms with Gasteiger partial charge in [-0.2, -0.15) is 0 Å². The molecule has 0 bridgehead atoms. The zero-order chi connectivity index (χ0) is 12.7. The van der Waals surface area contributed by atoms with Crippen LogP contribution in [0.15, 0.2) is 18.2 Å². The molecular weight excluding hydrogens is 267 g/mol. The van der Waals surface area contributed by atoms with Crippen LogP contribution in [0.25, 0.3) is 11.0 Å². The van der Waals surface area contributed by atoms with Gasteiger partial charge in [0.05, 0.1) is 10.5 Å². The molecule has 2 atom stereocenters. The number of alkyl halides is 1. The highest BCUT2D eigenvalue weighted by atomic mass is 35.5. The summed E-state index contributed by atoms with van der Waals surface area (Å²) in [6.45, 7) is 3.35. The van der Waals surface area contributed by atoms with Gasteiger partial charge in [-0.1, -0.05) is 24.6 Å². The van der Waals surface area contributed by atoms with E-state index in [1.165, 1.54) is 6.42 Å². The van der Waals surface area contributed by atoms with Crippen molar-refractivity contribution < 1.29 is 0 Å². The van der Waals surface area contributed by atoms with E-state index in [1.807, 2.05) is 12.1 Å². The molecule has 0 radical (unpaired) electrons. The third-order valence-electron chi connectivity index (χ3n) is 3.82. The van der Waals surface area contributed by atoms with Crippen molar-refractivity contribution in [1.29, 1.82) is 0 Å². The lowest BCUT2D eigenvalue weighted by molar-refractivity contribution is 0.585. The first-order valence-electron chi connectivity index (χ1n) is 6.40. The maximum Gasteiger partial charge on any atom is 0.111 e. The lowest BCUT2D eigenvalue weighted by atomic mass is 10.3. The molecule has 1 aromatic heterocycles. The van der Waals surface area contributed by atoms with Gasteiger partial charge in [-0.15, -0.1) is 11.6 Å². The van der Waals surface area contributed by atoms with Crippen molar-refractivity contribution in [2.75, 3.05) is 5.88 Å². The predicted octanol–water partition coefficient (Wildman–Crippen LogP) is 4.13. The highest BCUT2D eigenvalue weighted by Gasteiger charge is 2.33. The molecule has 18 heavy (non-hydrogen) atoms. The topological polar surface area (TPSA) is 17.8 Å². The molecule has 1 heterocycles.